The van der Waals surface area contributed by atoms with E-state index < -0.39 is 0 Å². The van der Waals surface area contributed by atoms with Gasteiger partial charge in [0, 0.05) is 31.5 Å². The fraction of sp³-hybridized carbons (Fsp3) is 0.786. The number of likely N-dealkylation sites (N-methyl/N-ethyl adjacent to an activating group) is 1. The first-order valence-electron chi connectivity index (χ1n) is 7.03. The van der Waals surface area contributed by atoms with Gasteiger partial charge in [0.1, 0.15) is 5.82 Å². The van der Waals surface area contributed by atoms with Crippen LogP contribution in [0.5, 0.6) is 0 Å². The van der Waals surface area contributed by atoms with Gasteiger partial charge in [0.05, 0.1) is 6.54 Å². The molecule has 0 amide bonds. The number of hydrogen-bond acceptors (Lipinski definition) is 3. The van der Waals surface area contributed by atoms with Crippen LogP contribution in [-0.2, 0) is 13.6 Å². The van der Waals surface area contributed by atoms with Crippen LogP contribution in [0.15, 0.2) is 12.4 Å². The van der Waals surface area contributed by atoms with Crippen molar-refractivity contribution < 1.29 is 0 Å². The quantitative estimate of drug-likeness (QED) is 0.885. The summed E-state index contributed by atoms with van der Waals surface area (Å²) < 4.78 is 2.09. The van der Waals surface area contributed by atoms with Gasteiger partial charge >= 0.3 is 0 Å². The molecule has 2 rings (SSSR count). The van der Waals surface area contributed by atoms with Crippen LogP contribution in [0.3, 0.4) is 0 Å². The Morgan fingerprint density at radius 3 is 2.89 bits per heavy atom. The van der Waals surface area contributed by atoms with Gasteiger partial charge in [0.2, 0.25) is 0 Å². The van der Waals surface area contributed by atoms with E-state index in [9.17, 15) is 0 Å². The van der Waals surface area contributed by atoms with E-state index in [1.54, 1.807) is 0 Å². The number of hydrogen-bond donors (Lipinski definition) is 1. The summed E-state index contributed by atoms with van der Waals surface area (Å²) in [6.45, 7) is 3.18. The molecular weight excluding hydrogens is 224 g/mol. The normalized spacial score (nSPS) is 28.8. The molecule has 0 bridgehead atoms. The van der Waals surface area contributed by atoms with Crippen molar-refractivity contribution in [2.45, 2.75) is 51.2 Å². The molecule has 1 aliphatic rings. The SMILES string of the molecule is CCC1CCC(N)C(N(C)Cc2nccn2C)C1. The fourth-order valence-corrected chi connectivity index (χ4v) is 3.02. The largest absolute Gasteiger partial charge is 0.337 e. The Kier molecular flexibility index (Phi) is 4.40. The van der Waals surface area contributed by atoms with Crippen LogP contribution in [0, 0.1) is 5.92 Å². The van der Waals surface area contributed by atoms with Crippen LogP contribution in [0.25, 0.3) is 0 Å². The van der Waals surface area contributed by atoms with Gasteiger partial charge in [0.15, 0.2) is 0 Å². The summed E-state index contributed by atoms with van der Waals surface area (Å²) in [6.07, 6.45) is 8.83. The highest BCUT2D eigenvalue weighted by Crippen LogP contribution is 2.29. The highest BCUT2D eigenvalue weighted by Gasteiger charge is 2.30. The van der Waals surface area contributed by atoms with Crippen LogP contribution in [0.4, 0.5) is 0 Å². The summed E-state index contributed by atoms with van der Waals surface area (Å²) in [6, 6.07) is 0.818. The van der Waals surface area contributed by atoms with E-state index in [-0.39, 0.29) is 0 Å². The van der Waals surface area contributed by atoms with Gasteiger partial charge in [-0.25, -0.2) is 4.98 Å². The van der Waals surface area contributed by atoms with Gasteiger partial charge < -0.3 is 10.3 Å². The zero-order chi connectivity index (χ0) is 13.1. The molecule has 0 aliphatic heterocycles. The van der Waals surface area contributed by atoms with Gasteiger partial charge in [-0.2, -0.15) is 0 Å². The lowest BCUT2D eigenvalue weighted by atomic mass is 9.81. The number of aromatic nitrogens is 2. The first kappa shape index (κ1) is 13.6. The number of imidazole rings is 1. The van der Waals surface area contributed by atoms with Gasteiger partial charge in [0.25, 0.3) is 0 Å². The monoisotopic (exact) mass is 250 g/mol. The smallest absolute Gasteiger partial charge is 0.122 e. The second kappa shape index (κ2) is 5.85. The summed E-state index contributed by atoms with van der Waals surface area (Å²) in [7, 11) is 4.23. The molecule has 1 saturated carbocycles. The average molecular weight is 250 g/mol. The van der Waals surface area contributed by atoms with E-state index in [1.807, 2.05) is 19.4 Å². The van der Waals surface area contributed by atoms with Crippen molar-refractivity contribution in [2.75, 3.05) is 7.05 Å². The minimum Gasteiger partial charge on any atom is -0.337 e. The fourth-order valence-electron chi connectivity index (χ4n) is 3.02. The molecule has 4 nitrogen and oxygen atoms in total. The van der Waals surface area contributed by atoms with Crippen molar-refractivity contribution in [1.82, 2.24) is 14.5 Å². The summed E-state index contributed by atoms with van der Waals surface area (Å²) in [4.78, 5) is 6.78. The zero-order valence-corrected chi connectivity index (χ0v) is 11.8. The molecule has 3 unspecified atom stereocenters. The molecule has 1 heterocycles. The maximum absolute atomic E-state index is 6.29. The van der Waals surface area contributed by atoms with Crippen molar-refractivity contribution in [1.29, 1.82) is 0 Å². The highest BCUT2D eigenvalue weighted by atomic mass is 15.2. The maximum atomic E-state index is 6.29. The second-order valence-electron chi connectivity index (χ2n) is 5.69. The summed E-state index contributed by atoms with van der Waals surface area (Å²) in [5, 5.41) is 0. The standard InChI is InChI=1S/C14H26N4/c1-4-11-5-6-12(15)13(9-11)18(3)10-14-16-7-8-17(14)2/h7-8,11-13H,4-6,9-10,15H2,1-3H3. The lowest BCUT2D eigenvalue weighted by Crippen LogP contribution is -2.49. The molecule has 0 aromatic carbocycles. The van der Waals surface area contributed by atoms with Gasteiger partial charge in [-0.1, -0.05) is 13.3 Å². The van der Waals surface area contributed by atoms with Crippen molar-refractivity contribution in [3.8, 4) is 0 Å². The van der Waals surface area contributed by atoms with Crippen LogP contribution in [-0.4, -0.2) is 33.6 Å². The average Bonchev–Trinajstić information content (AvgIpc) is 2.75. The lowest BCUT2D eigenvalue weighted by molar-refractivity contribution is 0.126. The maximum Gasteiger partial charge on any atom is 0.122 e. The molecule has 4 heteroatoms. The molecule has 1 aromatic rings. The second-order valence-corrected chi connectivity index (χ2v) is 5.69. The molecule has 0 radical (unpaired) electrons. The van der Waals surface area contributed by atoms with Gasteiger partial charge in [-0.3, -0.25) is 4.90 Å². The third-order valence-electron chi connectivity index (χ3n) is 4.43. The van der Waals surface area contributed by atoms with Crippen molar-refractivity contribution in [3.63, 3.8) is 0 Å². The van der Waals surface area contributed by atoms with Crippen LogP contribution in [0.2, 0.25) is 0 Å². The zero-order valence-electron chi connectivity index (χ0n) is 11.8. The third kappa shape index (κ3) is 2.93. The lowest BCUT2D eigenvalue weighted by Gasteiger charge is -2.39. The Morgan fingerprint density at radius 2 is 2.28 bits per heavy atom. The molecule has 3 atom stereocenters. The number of rotatable bonds is 4. The van der Waals surface area contributed by atoms with Gasteiger partial charge in [-0.05, 0) is 32.2 Å². The van der Waals surface area contributed by atoms with Crippen LogP contribution < -0.4 is 5.73 Å². The minimum atomic E-state index is 0.318. The Hall–Kier alpha value is -0.870. The van der Waals surface area contributed by atoms with Crippen LogP contribution >= 0.6 is 0 Å². The van der Waals surface area contributed by atoms with E-state index in [0.717, 1.165) is 24.7 Å². The Morgan fingerprint density at radius 1 is 1.50 bits per heavy atom. The highest BCUT2D eigenvalue weighted by molar-refractivity contribution is 4.94. The molecule has 0 spiro atoms. The van der Waals surface area contributed by atoms with Crippen LogP contribution in [0.1, 0.15) is 38.4 Å². The van der Waals surface area contributed by atoms with E-state index in [1.165, 1.54) is 19.3 Å². The summed E-state index contributed by atoms with van der Waals surface area (Å²) in [5.74, 6) is 1.96. The predicted octanol–water partition coefficient (Wildman–Crippen LogP) is 1.76. The van der Waals surface area contributed by atoms with E-state index in [2.05, 4.69) is 28.4 Å². The summed E-state index contributed by atoms with van der Waals surface area (Å²) >= 11 is 0. The molecule has 18 heavy (non-hydrogen) atoms. The molecule has 0 saturated heterocycles. The Balaban J connectivity index is 1.98. The van der Waals surface area contributed by atoms with E-state index in [4.69, 9.17) is 5.73 Å². The molecular formula is C14H26N4. The topological polar surface area (TPSA) is 47.1 Å². The first-order valence-corrected chi connectivity index (χ1v) is 7.03. The third-order valence-corrected chi connectivity index (χ3v) is 4.43. The molecule has 1 fully saturated rings. The molecule has 1 aliphatic carbocycles. The Labute approximate surface area is 110 Å². The Bertz CT molecular complexity index is 374. The number of aryl methyl sites for hydroxylation is 1. The van der Waals surface area contributed by atoms with E-state index in [0.29, 0.717) is 12.1 Å². The van der Waals surface area contributed by atoms with Gasteiger partial charge in [-0.15, -0.1) is 0 Å². The molecule has 102 valence electrons. The molecule has 1 aromatic heterocycles. The number of nitrogens with two attached hydrogens (primary N) is 1. The van der Waals surface area contributed by atoms with Crippen molar-refractivity contribution in [2.24, 2.45) is 18.7 Å². The van der Waals surface area contributed by atoms with E-state index >= 15 is 0 Å². The summed E-state index contributed by atoms with van der Waals surface area (Å²) in [5.41, 5.74) is 6.29. The molecule has 2 N–H and O–H groups in total. The number of nitrogens with zero attached hydrogens (tertiary/aromatic N) is 3. The predicted molar refractivity (Wildman–Crippen MR) is 74.1 cm³/mol. The first-order chi connectivity index (χ1) is 8.61. The van der Waals surface area contributed by atoms with Crippen molar-refractivity contribution >= 4 is 0 Å². The van der Waals surface area contributed by atoms with Crippen molar-refractivity contribution in [3.05, 3.63) is 18.2 Å². The minimum absolute atomic E-state index is 0.318.